The summed E-state index contributed by atoms with van der Waals surface area (Å²) in [6, 6.07) is 20.8. The van der Waals surface area contributed by atoms with E-state index in [4.69, 9.17) is 4.98 Å². The van der Waals surface area contributed by atoms with Gasteiger partial charge in [0, 0.05) is 43.7 Å². The Balaban J connectivity index is 1.62. The molecule has 4 rings (SSSR count). The van der Waals surface area contributed by atoms with Gasteiger partial charge in [-0.1, -0.05) is 60.7 Å². The molecule has 0 unspecified atom stereocenters. The van der Waals surface area contributed by atoms with Crippen LogP contribution in [0.3, 0.4) is 0 Å². The average Bonchev–Trinajstić information content (AvgIpc) is 3.27. The molecule has 0 atom stereocenters. The van der Waals surface area contributed by atoms with E-state index in [0.29, 0.717) is 6.42 Å². The predicted octanol–water partition coefficient (Wildman–Crippen LogP) is 3.76. The van der Waals surface area contributed by atoms with Crippen LogP contribution in [0.25, 0.3) is 11.3 Å². The fourth-order valence-corrected chi connectivity index (χ4v) is 3.58. The molecule has 0 radical (unpaired) electrons. The summed E-state index contributed by atoms with van der Waals surface area (Å²) < 4.78 is 2.21. The molecule has 4 heteroatoms. The van der Waals surface area contributed by atoms with Crippen LogP contribution in [0.15, 0.2) is 67.0 Å². The van der Waals surface area contributed by atoms with Crippen molar-refractivity contribution in [3.63, 3.8) is 0 Å². The number of nitrogens with zero attached hydrogens (tertiary/aromatic N) is 3. The van der Waals surface area contributed by atoms with Crippen molar-refractivity contribution in [1.82, 2.24) is 14.5 Å². The maximum atomic E-state index is 11.9. The minimum Gasteiger partial charge on any atom is -0.341 e. The summed E-state index contributed by atoms with van der Waals surface area (Å²) in [5, 5.41) is 0. The molecular weight excluding hydrogens is 322 g/mol. The first-order chi connectivity index (χ1) is 12.8. The number of benzene rings is 2. The van der Waals surface area contributed by atoms with Gasteiger partial charge in [0.1, 0.15) is 0 Å². The number of carbonyl (C=O) groups is 1. The zero-order valence-electron chi connectivity index (χ0n) is 14.8. The number of aromatic nitrogens is 2. The van der Waals surface area contributed by atoms with E-state index < -0.39 is 0 Å². The summed E-state index contributed by atoms with van der Waals surface area (Å²) in [5.74, 6) is 0.276. The van der Waals surface area contributed by atoms with E-state index in [9.17, 15) is 4.79 Å². The van der Waals surface area contributed by atoms with Gasteiger partial charge in [0.05, 0.1) is 12.0 Å². The topological polar surface area (TPSA) is 38.1 Å². The molecule has 1 amide bonds. The van der Waals surface area contributed by atoms with E-state index in [2.05, 4.69) is 41.0 Å². The molecule has 0 saturated carbocycles. The van der Waals surface area contributed by atoms with Gasteiger partial charge in [-0.2, -0.15) is 0 Å². The molecule has 0 N–H and O–H groups in total. The van der Waals surface area contributed by atoms with E-state index in [-0.39, 0.29) is 5.91 Å². The minimum absolute atomic E-state index is 0.276. The molecule has 0 spiro atoms. The maximum Gasteiger partial charge on any atom is 0.222 e. The summed E-state index contributed by atoms with van der Waals surface area (Å²) >= 11 is 0. The summed E-state index contributed by atoms with van der Waals surface area (Å²) in [7, 11) is 0. The van der Waals surface area contributed by atoms with Gasteiger partial charge in [-0.15, -0.1) is 0 Å². The van der Waals surface area contributed by atoms with Crippen molar-refractivity contribution >= 4 is 5.91 Å². The van der Waals surface area contributed by atoms with Gasteiger partial charge in [-0.3, -0.25) is 4.79 Å². The largest absolute Gasteiger partial charge is 0.341 e. The van der Waals surface area contributed by atoms with Gasteiger partial charge in [-0.25, -0.2) is 4.98 Å². The number of rotatable bonds is 6. The van der Waals surface area contributed by atoms with Gasteiger partial charge >= 0.3 is 0 Å². The lowest BCUT2D eigenvalue weighted by Gasteiger charge is -2.17. The average molecular weight is 345 g/mol. The molecule has 1 aliphatic rings. The van der Waals surface area contributed by atoms with Gasteiger partial charge in [0.2, 0.25) is 5.91 Å². The van der Waals surface area contributed by atoms with Gasteiger partial charge in [-0.05, 0) is 12.0 Å². The number of amides is 1. The number of hydrogen-bond donors (Lipinski definition) is 0. The second kappa shape index (κ2) is 7.56. The van der Waals surface area contributed by atoms with E-state index in [1.165, 1.54) is 11.3 Å². The van der Waals surface area contributed by atoms with Crippen molar-refractivity contribution in [2.45, 2.75) is 25.8 Å². The molecule has 1 aliphatic heterocycles. The van der Waals surface area contributed by atoms with E-state index in [0.717, 1.165) is 43.7 Å². The summed E-state index contributed by atoms with van der Waals surface area (Å²) in [6.07, 6.45) is 4.42. The fourth-order valence-electron chi connectivity index (χ4n) is 3.58. The molecule has 3 aromatic rings. The second-order valence-electron chi connectivity index (χ2n) is 6.75. The third kappa shape index (κ3) is 3.54. The van der Waals surface area contributed by atoms with Crippen molar-refractivity contribution in [3.8, 4) is 11.3 Å². The Morgan fingerprint density at radius 2 is 1.65 bits per heavy atom. The van der Waals surface area contributed by atoms with Gasteiger partial charge in [0.25, 0.3) is 0 Å². The predicted molar refractivity (Wildman–Crippen MR) is 103 cm³/mol. The SMILES string of the molecule is O=C1CCCN1CCn1cnc(-c2ccccc2)c1Cc1ccccc1. The van der Waals surface area contributed by atoms with Crippen LogP contribution in [0.4, 0.5) is 0 Å². The van der Waals surface area contributed by atoms with Crippen LogP contribution in [0, 0.1) is 0 Å². The molecular formula is C22H23N3O. The lowest BCUT2D eigenvalue weighted by molar-refractivity contribution is -0.127. The standard InChI is InChI=1S/C22H23N3O/c26-21-12-7-13-24(21)14-15-25-17-23-22(19-10-5-2-6-11-19)20(25)16-18-8-3-1-4-9-18/h1-6,8-11,17H,7,12-16H2. The molecule has 2 aromatic carbocycles. The monoisotopic (exact) mass is 345 g/mol. The van der Waals surface area contributed by atoms with Gasteiger partial charge in [0.15, 0.2) is 0 Å². The van der Waals surface area contributed by atoms with Crippen LogP contribution in [0.2, 0.25) is 0 Å². The Hall–Kier alpha value is -2.88. The van der Waals surface area contributed by atoms with E-state index >= 15 is 0 Å². The normalized spacial score (nSPS) is 14.2. The highest BCUT2D eigenvalue weighted by atomic mass is 16.2. The fraction of sp³-hybridized carbons (Fsp3) is 0.273. The van der Waals surface area contributed by atoms with Gasteiger partial charge < -0.3 is 9.47 Å². The summed E-state index contributed by atoms with van der Waals surface area (Å²) in [5.41, 5.74) is 4.63. The van der Waals surface area contributed by atoms with Crippen LogP contribution in [-0.2, 0) is 17.8 Å². The summed E-state index contributed by atoms with van der Waals surface area (Å²) in [4.78, 5) is 18.6. The van der Waals surface area contributed by atoms with Crippen LogP contribution in [0.1, 0.15) is 24.1 Å². The number of imidazole rings is 1. The highest BCUT2D eigenvalue weighted by Crippen LogP contribution is 2.24. The molecule has 26 heavy (non-hydrogen) atoms. The molecule has 2 heterocycles. The van der Waals surface area contributed by atoms with E-state index in [1.807, 2.05) is 35.5 Å². The van der Waals surface area contributed by atoms with Crippen LogP contribution < -0.4 is 0 Å². The first-order valence-corrected chi connectivity index (χ1v) is 9.22. The van der Waals surface area contributed by atoms with Crippen molar-refractivity contribution < 1.29 is 4.79 Å². The van der Waals surface area contributed by atoms with Crippen LogP contribution in [0.5, 0.6) is 0 Å². The lowest BCUT2D eigenvalue weighted by atomic mass is 10.0. The number of carbonyl (C=O) groups excluding carboxylic acids is 1. The Morgan fingerprint density at radius 3 is 2.35 bits per heavy atom. The first kappa shape index (κ1) is 16.6. The minimum atomic E-state index is 0.276. The maximum absolute atomic E-state index is 11.9. The Morgan fingerprint density at radius 1 is 0.923 bits per heavy atom. The van der Waals surface area contributed by atoms with Crippen molar-refractivity contribution in [2.24, 2.45) is 0 Å². The zero-order chi connectivity index (χ0) is 17.8. The quantitative estimate of drug-likeness (QED) is 0.682. The lowest BCUT2D eigenvalue weighted by Crippen LogP contribution is -2.28. The Kier molecular flexibility index (Phi) is 4.82. The molecule has 1 aromatic heterocycles. The van der Waals surface area contributed by atoms with Crippen molar-refractivity contribution in [3.05, 3.63) is 78.2 Å². The molecule has 0 aliphatic carbocycles. The molecule has 4 nitrogen and oxygen atoms in total. The zero-order valence-corrected chi connectivity index (χ0v) is 14.8. The smallest absolute Gasteiger partial charge is 0.222 e. The highest BCUT2D eigenvalue weighted by molar-refractivity contribution is 5.78. The Labute approximate surface area is 154 Å². The van der Waals surface area contributed by atoms with E-state index in [1.54, 1.807) is 0 Å². The molecule has 0 bridgehead atoms. The second-order valence-corrected chi connectivity index (χ2v) is 6.75. The number of hydrogen-bond acceptors (Lipinski definition) is 2. The number of likely N-dealkylation sites (tertiary alicyclic amines) is 1. The van der Waals surface area contributed by atoms with Crippen LogP contribution >= 0.6 is 0 Å². The third-order valence-electron chi connectivity index (χ3n) is 4.99. The van der Waals surface area contributed by atoms with Crippen LogP contribution in [-0.4, -0.2) is 33.4 Å². The highest BCUT2D eigenvalue weighted by Gasteiger charge is 2.20. The van der Waals surface area contributed by atoms with Crippen molar-refractivity contribution in [1.29, 1.82) is 0 Å². The summed E-state index contributed by atoms with van der Waals surface area (Å²) in [6.45, 7) is 2.42. The third-order valence-corrected chi connectivity index (χ3v) is 4.99. The Bertz CT molecular complexity index is 871. The first-order valence-electron chi connectivity index (χ1n) is 9.22. The molecule has 1 saturated heterocycles. The van der Waals surface area contributed by atoms with Crippen molar-refractivity contribution in [2.75, 3.05) is 13.1 Å². The molecule has 132 valence electrons. The molecule has 1 fully saturated rings.